The maximum atomic E-state index is 12.7. The number of hydrogen-bond acceptors (Lipinski definition) is 4. The number of likely N-dealkylation sites (N-methyl/N-ethyl adjacent to an activating group) is 1. The zero-order valence-electron chi connectivity index (χ0n) is 12.9. The van der Waals surface area contributed by atoms with Gasteiger partial charge in [-0.25, -0.2) is 0 Å². The minimum atomic E-state index is -0.494. The molecule has 0 aromatic heterocycles. The van der Waals surface area contributed by atoms with Crippen LogP contribution in [-0.4, -0.2) is 72.7 Å². The van der Waals surface area contributed by atoms with Gasteiger partial charge in [-0.3, -0.25) is 9.69 Å². The van der Waals surface area contributed by atoms with Crippen LogP contribution >= 0.6 is 0 Å². The van der Waals surface area contributed by atoms with Gasteiger partial charge in [-0.15, -0.1) is 0 Å². The molecule has 116 valence electrons. The Balaban J connectivity index is 1.90. The molecule has 2 aliphatic rings. The molecule has 1 amide bonds. The molecule has 0 aromatic carbocycles. The average Bonchev–Trinajstić information content (AvgIpc) is 3.05. The van der Waals surface area contributed by atoms with Crippen molar-refractivity contribution in [2.24, 2.45) is 0 Å². The molecule has 1 saturated heterocycles. The van der Waals surface area contributed by atoms with Crippen LogP contribution in [0.5, 0.6) is 0 Å². The van der Waals surface area contributed by atoms with Gasteiger partial charge in [-0.1, -0.05) is 12.8 Å². The molecule has 2 rings (SSSR count). The number of rotatable bonds is 6. The lowest BCUT2D eigenvalue weighted by Gasteiger charge is -2.37. The summed E-state index contributed by atoms with van der Waals surface area (Å²) in [4.78, 5) is 17.0. The molecule has 0 radical (unpaired) electrons. The first kappa shape index (κ1) is 15.7. The van der Waals surface area contributed by atoms with E-state index in [0.717, 1.165) is 38.8 Å². The molecule has 5 nitrogen and oxygen atoms in total. The minimum Gasteiger partial charge on any atom is -0.390 e. The number of amides is 1. The van der Waals surface area contributed by atoms with E-state index in [4.69, 9.17) is 0 Å². The summed E-state index contributed by atoms with van der Waals surface area (Å²) in [6.07, 6.45) is 6.15. The van der Waals surface area contributed by atoms with Crippen molar-refractivity contribution in [2.75, 3.05) is 40.3 Å². The summed E-state index contributed by atoms with van der Waals surface area (Å²) in [5.74, 6) is 0.134. The molecular weight excluding hydrogens is 254 g/mol. The van der Waals surface area contributed by atoms with Crippen LogP contribution in [0.25, 0.3) is 0 Å². The van der Waals surface area contributed by atoms with Gasteiger partial charge in [0.1, 0.15) is 5.54 Å². The lowest BCUT2D eigenvalue weighted by atomic mass is 9.94. The van der Waals surface area contributed by atoms with Crippen LogP contribution in [0.15, 0.2) is 0 Å². The number of aliphatic hydroxyl groups is 1. The van der Waals surface area contributed by atoms with E-state index in [2.05, 4.69) is 10.2 Å². The number of nitrogens with zero attached hydrogens (tertiary/aromatic N) is 2. The fourth-order valence-electron chi connectivity index (χ4n) is 3.65. The molecule has 0 aromatic rings. The second-order valence-electron chi connectivity index (χ2n) is 6.56. The van der Waals surface area contributed by atoms with Gasteiger partial charge in [0.25, 0.3) is 0 Å². The zero-order valence-corrected chi connectivity index (χ0v) is 12.9. The maximum absolute atomic E-state index is 12.7. The molecule has 0 bridgehead atoms. The van der Waals surface area contributed by atoms with Crippen molar-refractivity contribution in [1.82, 2.24) is 15.1 Å². The van der Waals surface area contributed by atoms with Crippen LogP contribution in [0, 0.1) is 0 Å². The third-order valence-corrected chi connectivity index (χ3v) is 4.64. The van der Waals surface area contributed by atoms with E-state index in [9.17, 15) is 9.90 Å². The molecule has 1 heterocycles. The second kappa shape index (κ2) is 6.87. The Morgan fingerprint density at radius 2 is 1.85 bits per heavy atom. The highest BCUT2D eigenvalue weighted by molar-refractivity contribution is 5.86. The van der Waals surface area contributed by atoms with Gasteiger partial charge in [0.15, 0.2) is 0 Å². The van der Waals surface area contributed by atoms with Gasteiger partial charge in [0.2, 0.25) is 5.91 Å². The summed E-state index contributed by atoms with van der Waals surface area (Å²) in [6, 6.07) is 0. The SMILES string of the molecule is CN(C)C[C@@H](O)CNC(=O)C1(N2CCCC2)CCCC1. The Labute approximate surface area is 122 Å². The predicted octanol–water partition coefficient (Wildman–Crippen LogP) is 0.434. The monoisotopic (exact) mass is 283 g/mol. The highest BCUT2D eigenvalue weighted by Crippen LogP contribution is 2.37. The largest absolute Gasteiger partial charge is 0.390 e. The zero-order chi connectivity index (χ0) is 14.6. The summed E-state index contributed by atoms with van der Waals surface area (Å²) < 4.78 is 0. The number of aliphatic hydroxyl groups excluding tert-OH is 1. The highest BCUT2D eigenvalue weighted by Gasteiger charge is 2.46. The summed E-state index contributed by atoms with van der Waals surface area (Å²) in [5, 5.41) is 12.9. The molecule has 1 aliphatic carbocycles. The number of hydrogen-bond donors (Lipinski definition) is 2. The van der Waals surface area contributed by atoms with Crippen molar-refractivity contribution in [3.8, 4) is 0 Å². The van der Waals surface area contributed by atoms with Crippen LogP contribution in [0.4, 0.5) is 0 Å². The Morgan fingerprint density at radius 3 is 2.40 bits per heavy atom. The summed E-state index contributed by atoms with van der Waals surface area (Å²) in [7, 11) is 3.85. The molecule has 1 atom stereocenters. The van der Waals surface area contributed by atoms with Crippen LogP contribution < -0.4 is 5.32 Å². The molecule has 1 saturated carbocycles. The first-order valence-corrected chi connectivity index (χ1v) is 7.91. The number of carbonyl (C=O) groups is 1. The lowest BCUT2D eigenvalue weighted by Crippen LogP contribution is -2.57. The van der Waals surface area contributed by atoms with Gasteiger partial charge in [0.05, 0.1) is 6.10 Å². The smallest absolute Gasteiger partial charge is 0.240 e. The molecule has 20 heavy (non-hydrogen) atoms. The van der Waals surface area contributed by atoms with Gasteiger partial charge in [0, 0.05) is 13.1 Å². The first-order chi connectivity index (χ1) is 9.54. The number of carbonyl (C=O) groups excluding carboxylic acids is 1. The van der Waals surface area contributed by atoms with E-state index in [1.54, 1.807) is 0 Å². The van der Waals surface area contributed by atoms with Crippen LogP contribution in [0.3, 0.4) is 0 Å². The fraction of sp³-hybridized carbons (Fsp3) is 0.933. The van der Waals surface area contributed by atoms with Crippen LogP contribution in [0.1, 0.15) is 38.5 Å². The summed E-state index contributed by atoms with van der Waals surface area (Å²) >= 11 is 0. The Morgan fingerprint density at radius 1 is 1.25 bits per heavy atom. The van der Waals surface area contributed by atoms with E-state index in [1.165, 1.54) is 12.8 Å². The van der Waals surface area contributed by atoms with Crippen LogP contribution in [-0.2, 0) is 4.79 Å². The minimum absolute atomic E-state index is 0.134. The molecule has 5 heteroatoms. The van der Waals surface area contributed by atoms with E-state index >= 15 is 0 Å². The Bertz CT molecular complexity index is 321. The summed E-state index contributed by atoms with van der Waals surface area (Å²) in [5.41, 5.74) is -0.283. The summed E-state index contributed by atoms with van der Waals surface area (Å²) in [6.45, 7) is 3.03. The van der Waals surface area contributed by atoms with Crippen molar-refractivity contribution in [3.05, 3.63) is 0 Å². The third kappa shape index (κ3) is 3.51. The molecular formula is C15H29N3O2. The van der Waals surface area contributed by atoms with Crippen molar-refractivity contribution < 1.29 is 9.90 Å². The van der Waals surface area contributed by atoms with Crippen molar-refractivity contribution >= 4 is 5.91 Å². The maximum Gasteiger partial charge on any atom is 0.240 e. The molecule has 1 aliphatic heterocycles. The number of likely N-dealkylation sites (tertiary alicyclic amines) is 1. The topological polar surface area (TPSA) is 55.8 Å². The van der Waals surface area contributed by atoms with E-state index in [-0.39, 0.29) is 11.4 Å². The highest BCUT2D eigenvalue weighted by atomic mass is 16.3. The lowest BCUT2D eigenvalue weighted by molar-refractivity contribution is -0.133. The molecule has 2 fully saturated rings. The van der Waals surface area contributed by atoms with Gasteiger partial charge < -0.3 is 15.3 Å². The van der Waals surface area contributed by atoms with Gasteiger partial charge in [-0.2, -0.15) is 0 Å². The first-order valence-electron chi connectivity index (χ1n) is 7.91. The standard InChI is InChI=1S/C15H29N3O2/c1-17(2)12-13(19)11-16-14(20)15(7-3-4-8-15)18-9-5-6-10-18/h13,19H,3-12H2,1-2H3,(H,16,20)/t13-/m0/s1. The van der Waals surface area contributed by atoms with Gasteiger partial charge in [-0.05, 0) is 52.9 Å². The van der Waals surface area contributed by atoms with Crippen molar-refractivity contribution in [1.29, 1.82) is 0 Å². The quantitative estimate of drug-likeness (QED) is 0.742. The van der Waals surface area contributed by atoms with Crippen LogP contribution in [0.2, 0.25) is 0 Å². The van der Waals surface area contributed by atoms with E-state index < -0.39 is 6.10 Å². The van der Waals surface area contributed by atoms with Crippen molar-refractivity contribution in [2.45, 2.75) is 50.2 Å². The molecule has 0 spiro atoms. The Kier molecular flexibility index (Phi) is 5.41. The molecule has 0 unspecified atom stereocenters. The average molecular weight is 283 g/mol. The number of nitrogens with one attached hydrogen (secondary N) is 1. The fourth-order valence-corrected chi connectivity index (χ4v) is 3.65. The Hall–Kier alpha value is -0.650. The third-order valence-electron chi connectivity index (χ3n) is 4.64. The van der Waals surface area contributed by atoms with E-state index in [0.29, 0.717) is 13.1 Å². The second-order valence-corrected chi connectivity index (χ2v) is 6.56. The predicted molar refractivity (Wildman–Crippen MR) is 79.6 cm³/mol. The van der Waals surface area contributed by atoms with E-state index in [1.807, 2.05) is 19.0 Å². The van der Waals surface area contributed by atoms with Crippen molar-refractivity contribution in [3.63, 3.8) is 0 Å². The van der Waals surface area contributed by atoms with Gasteiger partial charge >= 0.3 is 0 Å². The molecule has 2 N–H and O–H groups in total. The normalized spacial score (nSPS) is 24.2.